The number of amides is 1. The molecule has 2 aliphatic heterocycles. The highest BCUT2D eigenvalue weighted by molar-refractivity contribution is 5.85. The lowest BCUT2D eigenvalue weighted by Gasteiger charge is -2.48. The van der Waals surface area contributed by atoms with Crippen LogP contribution in [0.3, 0.4) is 0 Å². The minimum absolute atomic E-state index is 0.0657. The highest BCUT2D eigenvalue weighted by Crippen LogP contribution is 2.31. The van der Waals surface area contributed by atoms with Gasteiger partial charge >= 0.3 is 0 Å². The van der Waals surface area contributed by atoms with Crippen LogP contribution in [-0.4, -0.2) is 80.7 Å². The van der Waals surface area contributed by atoms with Gasteiger partial charge < -0.3 is 20.3 Å². The van der Waals surface area contributed by atoms with Crippen LogP contribution in [0.5, 0.6) is 0 Å². The van der Waals surface area contributed by atoms with Crippen molar-refractivity contribution in [3.05, 3.63) is 35.9 Å². The Hall–Kier alpha value is -2.12. The molecule has 3 rings (SSSR count). The van der Waals surface area contributed by atoms with Crippen LogP contribution >= 0.6 is 0 Å². The Bertz CT molecular complexity index is 681. The summed E-state index contributed by atoms with van der Waals surface area (Å²) in [4.78, 5) is 21.7. The lowest BCUT2D eigenvalue weighted by atomic mass is 9.83. The van der Waals surface area contributed by atoms with Gasteiger partial charge in [0.05, 0.1) is 6.61 Å². The predicted molar refractivity (Wildman–Crippen MR) is 120 cm³/mol. The van der Waals surface area contributed by atoms with Crippen molar-refractivity contribution in [1.29, 1.82) is 0 Å². The molecule has 2 heterocycles. The first-order valence-electron chi connectivity index (χ1n) is 11.3. The second kappa shape index (κ2) is 11.9. The molecule has 0 radical (unpaired) electrons. The topological polar surface area (TPSA) is 69.2 Å². The number of piperidine rings is 2. The lowest BCUT2D eigenvalue weighted by molar-refractivity contribution is -0.119. The van der Waals surface area contributed by atoms with E-state index in [4.69, 9.17) is 4.74 Å². The van der Waals surface area contributed by atoms with Crippen molar-refractivity contribution >= 4 is 11.9 Å². The predicted octanol–water partition coefficient (Wildman–Crippen LogP) is 1.70. The van der Waals surface area contributed by atoms with Gasteiger partial charge in [0.25, 0.3) is 0 Å². The summed E-state index contributed by atoms with van der Waals surface area (Å²) in [5, 5.41) is 6.21. The molecular weight excluding hydrogens is 378 g/mol. The van der Waals surface area contributed by atoms with Crippen LogP contribution in [0.25, 0.3) is 0 Å². The Balaban J connectivity index is 1.57. The summed E-state index contributed by atoms with van der Waals surface area (Å²) in [7, 11) is 1.63. The van der Waals surface area contributed by atoms with Gasteiger partial charge in [-0.2, -0.15) is 0 Å². The van der Waals surface area contributed by atoms with Crippen LogP contribution in [0.1, 0.15) is 31.7 Å². The highest BCUT2D eigenvalue weighted by atomic mass is 16.5. The normalized spacial score (nSPS) is 22.5. The van der Waals surface area contributed by atoms with E-state index in [1.807, 2.05) is 0 Å². The van der Waals surface area contributed by atoms with Gasteiger partial charge in [0.15, 0.2) is 5.96 Å². The van der Waals surface area contributed by atoms with E-state index in [-0.39, 0.29) is 12.5 Å². The molecule has 0 bridgehead atoms. The van der Waals surface area contributed by atoms with Gasteiger partial charge in [0.1, 0.15) is 6.54 Å². The van der Waals surface area contributed by atoms with Gasteiger partial charge in [0, 0.05) is 45.9 Å². The minimum Gasteiger partial charge on any atom is -0.383 e. The maximum atomic E-state index is 12.0. The van der Waals surface area contributed by atoms with Gasteiger partial charge in [-0.3, -0.25) is 9.69 Å². The average Bonchev–Trinajstić information content (AvgIpc) is 2.77. The number of hydrogen-bond acceptors (Lipinski definition) is 4. The molecule has 1 aromatic rings. The molecule has 2 unspecified atom stereocenters. The number of ether oxygens (including phenoxy) is 1. The molecule has 30 heavy (non-hydrogen) atoms. The number of guanidine groups is 1. The molecule has 7 heteroatoms. The Morgan fingerprint density at radius 3 is 2.80 bits per heavy atom. The number of aliphatic imine (C=N–C) groups is 1. The van der Waals surface area contributed by atoms with Gasteiger partial charge in [-0.05, 0) is 44.2 Å². The summed E-state index contributed by atoms with van der Waals surface area (Å²) in [6.45, 7) is 8.27. The number of likely N-dealkylation sites (tertiary alicyclic amines) is 2. The quantitative estimate of drug-likeness (QED) is 0.384. The van der Waals surface area contributed by atoms with E-state index < -0.39 is 0 Å². The van der Waals surface area contributed by atoms with E-state index >= 15 is 0 Å². The summed E-state index contributed by atoms with van der Waals surface area (Å²) < 4.78 is 4.97. The fraction of sp³-hybridized carbons (Fsp3) is 0.652. The summed E-state index contributed by atoms with van der Waals surface area (Å²) >= 11 is 0. The summed E-state index contributed by atoms with van der Waals surface area (Å²) in [5.41, 5.74) is 1.40. The molecule has 2 fully saturated rings. The van der Waals surface area contributed by atoms with Crippen LogP contribution < -0.4 is 10.6 Å². The number of methoxy groups -OCH3 is 1. The van der Waals surface area contributed by atoms with Crippen LogP contribution in [0, 0.1) is 5.92 Å². The Morgan fingerprint density at radius 1 is 1.20 bits per heavy atom. The van der Waals surface area contributed by atoms with Crippen molar-refractivity contribution < 1.29 is 9.53 Å². The summed E-state index contributed by atoms with van der Waals surface area (Å²) in [5.74, 6) is 1.44. The Kier molecular flexibility index (Phi) is 8.96. The molecule has 2 N–H and O–H groups in total. The van der Waals surface area contributed by atoms with Crippen molar-refractivity contribution in [2.75, 3.05) is 53.0 Å². The SMILES string of the molecule is CCNC(=NCC(=O)NCCOC)N1CCC2C(CCCN2Cc2ccccc2)C1. The number of nitrogens with zero attached hydrogens (tertiary/aromatic N) is 3. The molecule has 0 saturated carbocycles. The molecule has 166 valence electrons. The van der Waals surface area contributed by atoms with E-state index in [1.165, 1.54) is 24.9 Å². The standard InChI is InChI=1S/C23H37N5O2/c1-3-24-23(26-16-22(29)25-12-15-30-2)28-14-11-21-20(18-28)10-7-13-27(21)17-19-8-5-4-6-9-19/h4-6,8-9,20-21H,3,7,10-18H2,1-2H3,(H,24,26)(H,25,29). The molecule has 0 aromatic heterocycles. The number of nitrogens with one attached hydrogen (secondary N) is 2. The fourth-order valence-corrected chi connectivity index (χ4v) is 4.63. The van der Waals surface area contributed by atoms with Crippen LogP contribution in [0.15, 0.2) is 35.3 Å². The molecular formula is C23H37N5O2. The van der Waals surface area contributed by atoms with Crippen LogP contribution in [-0.2, 0) is 16.1 Å². The number of carbonyl (C=O) groups excluding carboxylic acids is 1. The fourth-order valence-electron chi connectivity index (χ4n) is 4.63. The molecule has 2 aliphatic rings. The van der Waals surface area contributed by atoms with Crippen molar-refractivity contribution in [2.24, 2.45) is 10.9 Å². The monoisotopic (exact) mass is 415 g/mol. The summed E-state index contributed by atoms with van der Waals surface area (Å²) in [6.07, 6.45) is 3.66. The van der Waals surface area contributed by atoms with Gasteiger partial charge in [-0.1, -0.05) is 30.3 Å². The maximum Gasteiger partial charge on any atom is 0.241 e. The van der Waals surface area contributed by atoms with Gasteiger partial charge in [-0.25, -0.2) is 4.99 Å². The lowest BCUT2D eigenvalue weighted by Crippen LogP contribution is -2.56. The number of hydrogen-bond donors (Lipinski definition) is 2. The first-order valence-corrected chi connectivity index (χ1v) is 11.3. The highest BCUT2D eigenvalue weighted by Gasteiger charge is 2.36. The van der Waals surface area contributed by atoms with Crippen molar-refractivity contribution in [2.45, 2.75) is 38.8 Å². The van der Waals surface area contributed by atoms with E-state index in [0.717, 1.165) is 38.6 Å². The smallest absolute Gasteiger partial charge is 0.241 e. The molecule has 0 spiro atoms. The maximum absolute atomic E-state index is 12.0. The number of rotatable bonds is 8. The van der Waals surface area contributed by atoms with Crippen molar-refractivity contribution in [3.8, 4) is 0 Å². The third-order valence-corrected chi connectivity index (χ3v) is 6.05. The third kappa shape index (κ3) is 6.44. The second-order valence-electron chi connectivity index (χ2n) is 8.17. The van der Waals surface area contributed by atoms with Crippen molar-refractivity contribution in [1.82, 2.24) is 20.4 Å². The molecule has 1 aromatic carbocycles. The summed E-state index contributed by atoms with van der Waals surface area (Å²) in [6, 6.07) is 11.4. The zero-order chi connectivity index (χ0) is 21.2. The number of carbonyl (C=O) groups is 1. The number of benzene rings is 1. The Labute approximate surface area is 180 Å². The Morgan fingerprint density at radius 2 is 2.03 bits per heavy atom. The molecule has 0 aliphatic carbocycles. The van der Waals surface area contributed by atoms with Gasteiger partial charge in [0.2, 0.25) is 5.91 Å². The average molecular weight is 416 g/mol. The zero-order valence-electron chi connectivity index (χ0n) is 18.5. The molecule has 2 atom stereocenters. The van der Waals surface area contributed by atoms with Crippen LogP contribution in [0.4, 0.5) is 0 Å². The van der Waals surface area contributed by atoms with E-state index in [0.29, 0.717) is 25.1 Å². The van der Waals surface area contributed by atoms with Crippen LogP contribution in [0.2, 0.25) is 0 Å². The first-order chi connectivity index (χ1) is 14.7. The molecule has 1 amide bonds. The van der Waals surface area contributed by atoms with E-state index in [2.05, 4.69) is 62.7 Å². The largest absolute Gasteiger partial charge is 0.383 e. The second-order valence-corrected chi connectivity index (χ2v) is 8.17. The minimum atomic E-state index is -0.0657. The number of fused-ring (bicyclic) bond motifs is 1. The van der Waals surface area contributed by atoms with E-state index in [9.17, 15) is 4.79 Å². The zero-order valence-corrected chi connectivity index (χ0v) is 18.5. The third-order valence-electron chi connectivity index (χ3n) is 6.05. The van der Waals surface area contributed by atoms with Crippen molar-refractivity contribution in [3.63, 3.8) is 0 Å². The van der Waals surface area contributed by atoms with E-state index in [1.54, 1.807) is 7.11 Å². The first kappa shape index (κ1) is 22.6. The molecule has 2 saturated heterocycles. The van der Waals surface area contributed by atoms with Gasteiger partial charge in [-0.15, -0.1) is 0 Å². The molecule has 7 nitrogen and oxygen atoms in total.